The van der Waals surface area contributed by atoms with Crippen molar-refractivity contribution in [1.82, 2.24) is 10.2 Å². The first kappa shape index (κ1) is 13.4. The predicted octanol–water partition coefficient (Wildman–Crippen LogP) is 3.03. The van der Waals surface area contributed by atoms with Gasteiger partial charge in [0.1, 0.15) is 0 Å². The minimum atomic E-state index is 0.784. The van der Waals surface area contributed by atoms with Gasteiger partial charge in [-0.25, -0.2) is 0 Å². The molecule has 0 saturated heterocycles. The van der Waals surface area contributed by atoms with Gasteiger partial charge < -0.3 is 5.32 Å². The third-order valence-corrected chi connectivity index (χ3v) is 4.20. The van der Waals surface area contributed by atoms with E-state index in [4.69, 9.17) is 0 Å². The maximum atomic E-state index is 3.66. The van der Waals surface area contributed by atoms with Crippen LogP contribution in [0.2, 0.25) is 0 Å². The number of nitrogens with zero attached hydrogens (tertiary/aromatic N) is 1. The highest BCUT2D eigenvalue weighted by molar-refractivity contribution is 4.92. The predicted molar refractivity (Wildman–Crippen MR) is 74.3 cm³/mol. The minimum Gasteiger partial charge on any atom is -0.314 e. The first-order valence-electron chi connectivity index (χ1n) is 7.69. The molecule has 2 unspecified atom stereocenters. The van der Waals surface area contributed by atoms with Crippen LogP contribution in [0, 0.1) is 5.92 Å². The Bertz CT molecular complexity index is 221. The van der Waals surface area contributed by atoms with Gasteiger partial charge in [0.15, 0.2) is 0 Å². The lowest BCUT2D eigenvalue weighted by atomic mass is 9.89. The quantitative estimate of drug-likeness (QED) is 0.765. The molecule has 2 aliphatic carbocycles. The number of hydrogen-bond donors (Lipinski definition) is 1. The average molecular weight is 238 g/mol. The van der Waals surface area contributed by atoms with Crippen LogP contribution < -0.4 is 5.32 Å². The minimum absolute atomic E-state index is 0.784. The van der Waals surface area contributed by atoms with Gasteiger partial charge in [-0.2, -0.15) is 0 Å². The van der Waals surface area contributed by atoms with Crippen molar-refractivity contribution in [2.75, 3.05) is 13.1 Å². The molecular formula is C15H30N2. The second-order valence-electron chi connectivity index (χ2n) is 6.40. The van der Waals surface area contributed by atoms with E-state index in [2.05, 4.69) is 31.0 Å². The van der Waals surface area contributed by atoms with Crippen LogP contribution in [-0.2, 0) is 0 Å². The summed E-state index contributed by atoms with van der Waals surface area (Å²) < 4.78 is 0. The van der Waals surface area contributed by atoms with Crippen molar-refractivity contribution in [1.29, 1.82) is 0 Å². The fourth-order valence-electron chi connectivity index (χ4n) is 3.36. The fourth-order valence-corrected chi connectivity index (χ4v) is 3.36. The molecule has 0 spiro atoms. The van der Waals surface area contributed by atoms with Gasteiger partial charge >= 0.3 is 0 Å². The van der Waals surface area contributed by atoms with Gasteiger partial charge in [-0.1, -0.05) is 27.2 Å². The Hall–Kier alpha value is -0.0800. The van der Waals surface area contributed by atoms with Gasteiger partial charge in [0, 0.05) is 24.7 Å². The molecule has 17 heavy (non-hydrogen) atoms. The van der Waals surface area contributed by atoms with E-state index in [0.29, 0.717) is 0 Å². The summed E-state index contributed by atoms with van der Waals surface area (Å²) in [5, 5.41) is 3.66. The number of hydrogen-bond acceptors (Lipinski definition) is 2. The monoisotopic (exact) mass is 238 g/mol. The maximum Gasteiger partial charge on any atom is 0.0113 e. The molecule has 1 N–H and O–H groups in total. The summed E-state index contributed by atoms with van der Waals surface area (Å²) >= 11 is 0. The molecule has 0 aromatic carbocycles. The highest BCUT2D eigenvalue weighted by Crippen LogP contribution is 2.34. The molecule has 2 rings (SSSR count). The van der Waals surface area contributed by atoms with Crippen LogP contribution in [0.25, 0.3) is 0 Å². The van der Waals surface area contributed by atoms with Crippen LogP contribution >= 0.6 is 0 Å². The summed E-state index contributed by atoms with van der Waals surface area (Å²) in [5.74, 6) is 0.815. The van der Waals surface area contributed by atoms with Gasteiger partial charge in [0.25, 0.3) is 0 Å². The van der Waals surface area contributed by atoms with Crippen molar-refractivity contribution in [3.8, 4) is 0 Å². The first-order chi connectivity index (χ1) is 8.20. The van der Waals surface area contributed by atoms with Crippen molar-refractivity contribution in [2.45, 2.75) is 77.4 Å². The Labute approximate surface area is 107 Å². The average Bonchev–Trinajstić information content (AvgIpc) is 3.10. The van der Waals surface area contributed by atoms with E-state index >= 15 is 0 Å². The summed E-state index contributed by atoms with van der Waals surface area (Å²) in [7, 11) is 0. The second-order valence-corrected chi connectivity index (χ2v) is 6.40. The zero-order chi connectivity index (χ0) is 12.3. The summed E-state index contributed by atoms with van der Waals surface area (Å²) in [6, 6.07) is 2.58. The molecule has 0 heterocycles. The van der Waals surface area contributed by atoms with E-state index < -0.39 is 0 Å². The van der Waals surface area contributed by atoms with Crippen molar-refractivity contribution in [3.05, 3.63) is 0 Å². The molecular weight excluding hydrogens is 208 g/mol. The third kappa shape index (κ3) is 3.96. The zero-order valence-corrected chi connectivity index (χ0v) is 11.9. The zero-order valence-electron chi connectivity index (χ0n) is 11.9. The van der Waals surface area contributed by atoms with E-state index in [0.717, 1.165) is 30.6 Å². The lowest BCUT2D eigenvalue weighted by Gasteiger charge is -2.39. The van der Waals surface area contributed by atoms with Gasteiger partial charge in [-0.05, 0) is 44.6 Å². The number of nitrogens with one attached hydrogen (secondary N) is 1. The summed E-state index contributed by atoms with van der Waals surface area (Å²) in [6.45, 7) is 9.40. The van der Waals surface area contributed by atoms with Crippen LogP contribution in [0.1, 0.15) is 59.3 Å². The van der Waals surface area contributed by atoms with Crippen molar-refractivity contribution in [2.24, 2.45) is 5.92 Å². The molecule has 0 aromatic rings. The normalized spacial score (nSPS) is 30.2. The van der Waals surface area contributed by atoms with Crippen molar-refractivity contribution >= 4 is 0 Å². The van der Waals surface area contributed by atoms with E-state index in [1.807, 2.05) is 0 Å². The first-order valence-corrected chi connectivity index (χ1v) is 7.69. The Morgan fingerprint density at radius 1 is 1.12 bits per heavy atom. The Morgan fingerprint density at radius 2 is 1.88 bits per heavy atom. The molecule has 2 nitrogen and oxygen atoms in total. The molecule has 0 aliphatic heterocycles. The highest BCUT2D eigenvalue weighted by Gasteiger charge is 2.36. The van der Waals surface area contributed by atoms with Crippen LogP contribution in [0.3, 0.4) is 0 Å². The van der Waals surface area contributed by atoms with Gasteiger partial charge in [-0.3, -0.25) is 4.90 Å². The van der Waals surface area contributed by atoms with E-state index in [1.54, 1.807) is 0 Å². The topological polar surface area (TPSA) is 15.3 Å². The highest BCUT2D eigenvalue weighted by atomic mass is 15.2. The van der Waals surface area contributed by atoms with E-state index in [1.165, 1.54) is 45.1 Å². The van der Waals surface area contributed by atoms with E-state index in [-0.39, 0.29) is 0 Å². The molecule has 0 amide bonds. The number of rotatable bonds is 6. The summed E-state index contributed by atoms with van der Waals surface area (Å²) in [6.07, 6.45) is 8.54. The van der Waals surface area contributed by atoms with Crippen molar-refractivity contribution in [3.63, 3.8) is 0 Å². The van der Waals surface area contributed by atoms with Gasteiger partial charge in [0.05, 0.1) is 0 Å². The smallest absolute Gasteiger partial charge is 0.0113 e. The summed E-state index contributed by atoms with van der Waals surface area (Å²) in [4.78, 5) is 2.84. The van der Waals surface area contributed by atoms with Crippen LogP contribution in [0.15, 0.2) is 0 Å². The van der Waals surface area contributed by atoms with E-state index in [9.17, 15) is 0 Å². The lowest BCUT2D eigenvalue weighted by Crippen LogP contribution is -2.46. The van der Waals surface area contributed by atoms with Crippen LogP contribution in [0.5, 0.6) is 0 Å². The second kappa shape index (κ2) is 6.19. The fraction of sp³-hybridized carbons (Fsp3) is 1.00. The third-order valence-electron chi connectivity index (χ3n) is 4.20. The Kier molecular flexibility index (Phi) is 4.87. The molecule has 0 aromatic heterocycles. The molecule has 100 valence electrons. The molecule has 0 bridgehead atoms. The SMILES string of the molecule is CCNC1CCCC(N(CC(C)C)C2CC2)C1. The molecule has 0 radical (unpaired) electrons. The standard InChI is InChI=1S/C15H30N2/c1-4-16-13-6-5-7-15(10-13)17(11-12(2)3)14-8-9-14/h12-16H,4-11H2,1-3H3. The lowest BCUT2D eigenvalue weighted by molar-refractivity contribution is 0.117. The van der Waals surface area contributed by atoms with Crippen molar-refractivity contribution < 1.29 is 0 Å². The largest absolute Gasteiger partial charge is 0.314 e. The molecule has 2 heteroatoms. The molecule has 2 saturated carbocycles. The summed E-state index contributed by atoms with van der Waals surface area (Å²) in [5.41, 5.74) is 0. The van der Waals surface area contributed by atoms with Crippen LogP contribution in [0.4, 0.5) is 0 Å². The maximum absolute atomic E-state index is 3.66. The van der Waals surface area contributed by atoms with Gasteiger partial charge in [0.2, 0.25) is 0 Å². The Morgan fingerprint density at radius 3 is 2.47 bits per heavy atom. The molecule has 2 fully saturated rings. The Balaban J connectivity index is 1.88. The van der Waals surface area contributed by atoms with Crippen LogP contribution in [-0.4, -0.2) is 36.1 Å². The molecule has 2 atom stereocenters. The van der Waals surface area contributed by atoms with Gasteiger partial charge in [-0.15, -0.1) is 0 Å². The molecule has 2 aliphatic rings.